The zero-order chi connectivity index (χ0) is 22.3. The first-order chi connectivity index (χ1) is 14.7. The van der Waals surface area contributed by atoms with Gasteiger partial charge in [-0.05, 0) is 23.6 Å². The second kappa shape index (κ2) is 8.68. The number of halogens is 2. The average molecular weight is 465 g/mol. The molecule has 0 atom stereocenters. The number of anilines is 1. The topological polar surface area (TPSA) is 79.2 Å². The monoisotopic (exact) mass is 464 g/mol. The summed E-state index contributed by atoms with van der Waals surface area (Å²) in [6.45, 7) is 9.24. The number of piperazine rings is 1. The standard InChI is InChI=1S/C21H26Cl2N6O2/c1-13(2)11-27-6-8-28(9-7-27)20-24-18-17(19(30)25-21(31)26(18)3)29(20)12-14-4-5-15(22)10-16(14)23/h4-5,10,13H,6-9,11-12H2,1-3H3,(H,25,30,31). The van der Waals surface area contributed by atoms with E-state index in [0.29, 0.717) is 39.6 Å². The number of fused-ring (bicyclic) bond motifs is 1. The molecule has 1 aromatic carbocycles. The molecular formula is C21H26Cl2N6O2. The van der Waals surface area contributed by atoms with Crippen molar-refractivity contribution in [1.29, 1.82) is 0 Å². The van der Waals surface area contributed by atoms with Crippen LogP contribution in [0.2, 0.25) is 10.0 Å². The number of aryl methyl sites for hydroxylation is 1. The Bertz CT molecular complexity index is 1220. The Hall–Kier alpha value is -2.29. The highest BCUT2D eigenvalue weighted by atomic mass is 35.5. The fraction of sp³-hybridized carbons (Fsp3) is 0.476. The number of hydrogen-bond donors (Lipinski definition) is 1. The lowest BCUT2D eigenvalue weighted by atomic mass is 10.2. The predicted octanol–water partition coefficient (Wildman–Crippen LogP) is 2.56. The van der Waals surface area contributed by atoms with Gasteiger partial charge in [-0.15, -0.1) is 0 Å². The van der Waals surface area contributed by atoms with Crippen LogP contribution < -0.4 is 16.1 Å². The van der Waals surface area contributed by atoms with E-state index in [-0.39, 0.29) is 0 Å². The highest BCUT2D eigenvalue weighted by molar-refractivity contribution is 6.35. The minimum atomic E-state index is -0.486. The molecular weight excluding hydrogens is 439 g/mol. The smallest absolute Gasteiger partial charge is 0.329 e. The van der Waals surface area contributed by atoms with Gasteiger partial charge in [-0.3, -0.25) is 23.8 Å². The summed E-state index contributed by atoms with van der Waals surface area (Å²) in [5, 5.41) is 1.06. The molecule has 166 valence electrons. The summed E-state index contributed by atoms with van der Waals surface area (Å²) < 4.78 is 3.22. The van der Waals surface area contributed by atoms with E-state index in [1.165, 1.54) is 4.57 Å². The van der Waals surface area contributed by atoms with E-state index >= 15 is 0 Å². The van der Waals surface area contributed by atoms with Crippen molar-refractivity contribution in [3.63, 3.8) is 0 Å². The molecule has 0 amide bonds. The zero-order valence-corrected chi connectivity index (χ0v) is 19.4. The first-order valence-electron chi connectivity index (χ1n) is 10.4. The Labute approximate surface area is 190 Å². The molecule has 10 heteroatoms. The number of benzene rings is 1. The van der Waals surface area contributed by atoms with Crippen molar-refractivity contribution in [3.05, 3.63) is 54.6 Å². The van der Waals surface area contributed by atoms with Crippen molar-refractivity contribution in [2.75, 3.05) is 37.6 Å². The quantitative estimate of drug-likeness (QED) is 0.627. The molecule has 3 heterocycles. The summed E-state index contributed by atoms with van der Waals surface area (Å²) in [7, 11) is 1.61. The van der Waals surface area contributed by atoms with Crippen LogP contribution in [0.3, 0.4) is 0 Å². The molecule has 0 aliphatic carbocycles. The normalized spacial score (nSPS) is 15.4. The number of aromatic nitrogens is 4. The molecule has 1 aliphatic rings. The van der Waals surface area contributed by atoms with Crippen LogP contribution >= 0.6 is 23.2 Å². The van der Waals surface area contributed by atoms with E-state index in [2.05, 4.69) is 28.6 Å². The molecule has 1 saturated heterocycles. The van der Waals surface area contributed by atoms with Crippen molar-refractivity contribution >= 4 is 40.3 Å². The van der Waals surface area contributed by atoms with E-state index in [4.69, 9.17) is 28.2 Å². The molecule has 0 radical (unpaired) electrons. The van der Waals surface area contributed by atoms with Crippen LogP contribution in [-0.4, -0.2) is 56.7 Å². The second-order valence-electron chi connectivity index (χ2n) is 8.41. The molecule has 8 nitrogen and oxygen atoms in total. The van der Waals surface area contributed by atoms with Gasteiger partial charge in [0.2, 0.25) is 5.95 Å². The number of hydrogen-bond acceptors (Lipinski definition) is 5. The van der Waals surface area contributed by atoms with Crippen molar-refractivity contribution in [2.45, 2.75) is 20.4 Å². The largest absolute Gasteiger partial charge is 0.340 e. The van der Waals surface area contributed by atoms with Crippen LogP contribution in [0.15, 0.2) is 27.8 Å². The van der Waals surface area contributed by atoms with Gasteiger partial charge in [0, 0.05) is 49.8 Å². The van der Waals surface area contributed by atoms with Gasteiger partial charge in [-0.2, -0.15) is 4.98 Å². The van der Waals surface area contributed by atoms with E-state index in [1.807, 2.05) is 10.6 Å². The maximum Gasteiger partial charge on any atom is 0.329 e. The lowest BCUT2D eigenvalue weighted by Gasteiger charge is -2.36. The van der Waals surface area contributed by atoms with E-state index < -0.39 is 11.2 Å². The number of rotatable bonds is 5. The number of H-pyrrole nitrogens is 1. The van der Waals surface area contributed by atoms with Crippen LogP contribution in [0.5, 0.6) is 0 Å². The van der Waals surface area contributed by atoms with Crippen LogP contribution in [0.4, 0.5) is 5.95 Å². The summed E-state index contributed by atoms with van der Waals surface area (Å²) in [4.78, 5) is 36.6. The Kier molecular flexibility index (Phi) is 6.14. The molecule has 0 spiro atoms. The van der Waals surface area contributed by atoms with E-state index in [0.717, 1.165) is 38.3 Å². The van der Waals surface area contributed by atoms with Gasteiger partial charge >= 0.3 is 5.69 Å². The molecule has 1 aliphatic heterocycles. The first kappa shape index (κ1) is 21.9. The van der Waals surface area contributed by atoms with Gasteiger partial charge in [0.15, 0.2) is 11.2 Å². The highest BCUT2D eigenvalue weighted by Crippen LogP contribution is 2.26. The summed E-state index contributed by atoms with van der Waals surface area (Å²) in [6, 6.07) is 5.30. The van der Waals surface area contributed by atoms with Gasteiger partial charge in [0.1, 0.15) is 0 Å². The molecule has 2 aromatic heterocycles. The number of aromatic amines is 1. The molecule has 4 rings (SSSR count). The Morgan fingerprint density at radius 1 is 1.13 bits per heavy atom. The summed E-state index contributed by atoms with van der Waals surface area (Å²) in [5.41, 5.74) is 0.588. The first-order valence-corrected chi connectivity index (χ1v) is 11.1. The second-order valence-corrected chi connectivity index (χ2v) is 9.25. The Morgan fingerprint density at radius 3 is 2.48 bits per heavy atom. The van der Waals surface area contributed by atoms with E-state index in [1.54, 1.807) is 19.2 Å². The maximum atomic E-state index is 12.8. The number of nitrogens with one attached hydrogen (secondary N) is 1. The lowest BCUT2D eigenvalue weighted by Crippen LogP contribution is -2.48. The zero-order valence-electron chi connectivity index (χ0n) is 17.9. The Morgan fingerprint density at radius 2 is 1.84 bits per heavy atom. The highest BCUT2D eigenvalue weighted by Gasteiger charge is 2.25. The minimum Gasteiger partial charge on any atom is -0.340 e. The van der Waals surface area contributed by atoms with Crippen LogP contribution in [-0.2, 0) is 13.6 Å². The van der Waals surface area contributed by atoms with Gasteiger partial charge < -0.3 is 4.90 Å². The SMILES string of the molecule is CC(C)CN1CCN(c2nc3c(c(=O)[nH]c(=O)n3C)n2Cc2ccc(Cl)cc2Cl)CC1. The summed E-state index contributed by atoms with van der Waals surface area (Å²) >= 11 is 12.5. The fourth-order valence-electron chi connectivity index (χ4n) is 4.08. The fourth-order valence-corrected chi connectivity index (χ4v) is 4.55. The van der Waals surface area contributed by atoms with E-state index in [9.17, 15) is 9.59 Å². The van der Waals surface area contributed by atoms with Gasteiger partial charge in [-0.25, -0.2) is 4.79 Å². The third-order valence-corrected chi connectivity index (χ3v) is 6.20. The average Bonchev–Trinajstić information content (AvgIpc) is 3.08. The van der Waals surface area contributed by atoms with Crippen molar-refractivity contribution < 1.29 is 0 Å². The summed E-state index contributed by atoms with van der Waals surface area (Å²) in [5.74, 6) is 1.27. The predicted molar refractivity (Wildman–Crippen MR) is 125 cm³/mol. The number of imidazole rings is 1. The van der Waals surface area contributed by atoms with Gasteiger partial charge in [0.25, 0.3) is 5.56 Å². The maximum absolute atomic E-state index is 12.8. The summed E-state index contributed by atoms with van der Waals surface area (Å²) in [6.07, 6.45) is 0. The van der Waals surface area contributed by atoms with Gasteiger partial charge in [0.05, 0.1) is 6.54 Å². The molecule has 0 saturated carbocycles. The lowest BCUT2D eigenvalue weighted by molar-refractivity contribution is 0.230. The third kappa shape index (κ3) is 4.37. The van der Waals surface area contributed by atoms with Crippen LogP contribution in [0.1, 0.15) is 19.4 Å². The van der Waals surface area contributed by atoms with Crippen molar-refractivity contribution in [3.8, 4) is 0 Å². The number of nitrogens with zero attached hydrogens (tertiary/aromatic N) is 5. The van der Waals surface area contributed by atoms with Crippen molar-refractivity contribution in [1.82, 2.24) is 24.0 Å². The molecule has 0 unspecified atom stereocenters. The molecule has 1 N–H and O–H groups in total. The van der Waals surface area contributed by atoms with Crippen LogP contribution in [0.25, 0.3) is 11.2 Å². The molecule has 0 bridgehead atoms. The Balaban J connectivity index is 1.78. The molecule has 3 aromatic rings. The third-order valence-electron chi connectivity index (χ3n) is 5.61. The minimum absolute atomic E-state index is 0.343. The van der Waals surface area contributed by atoms with Crippen LogP contribution in [0, 0.1) is 5.92 Å². The van der Waals surface area contributed by atoms with Crippen molar-refractivity contribution in [2.24, 2.45) is 13.0 Å². The van der Waals surface area contributed by atoms with Gasteiger partial charge in [-0.1, -0.05) is 43.1 Å². The molecule has 31 heavy (non-hydrogen) atoms. The molecule has 1 fully saturated rings.